The van der Waals surface area contributed by atoms with Gasteiger partial charge in [-0.15, -0.1) is 0 Å². The number of rotatable bonds is 8. The first-order chi connectivity index (χ1) is 10.3. The molecule has 0 radical (unpaired) electrons. The number of hydrogen-bond donors (Lipinski definition) is 3. The molecule has 1 aromatic carbocycles. The molecule has 0 saturated heterocycles. The van der Waals surface area contributed by atoms with E-state index >= 15 is 0 Å². The summed E-state index contributed by atoms with van der Waals surface area (Å²) in [4.78, 5) is 11.3. The SMILES string of the molecule is COC[C@H](C)Nc1ccc(S(=O)(=O)NC2CC2)cc1C(=O)O. The van der Waals surface area contributed by atoms with Gasteiger partial charge in [0.15, 0.2) is 0 Å². The van der Waals surface area contributed by atoms with E-state index in [1.165, 1.54) is 18.2 Å². The third-order valence-corrected chi connectivity index (χ3v) is 4.77. The zero-order valence-electron chi connectivity index (χ0n) is 12.5. The third kappa shape index (κ3) is 4.19. The van der Waals surface area contributed by atoms with E-state index < -0.39 is 16.0 Å². The second-order valence-corrected chi connectivity index (χ2v) is 7.12. The molecule has 0 bridgehead atoms. The number of benzene rings is 1. The van der Waals surface area contributed by atoms with Crippen LogP contribution in [0.4, 0.5) is 5.69 Å². The van der Waals surface area contributed by atoms with Crippen molar-refractivity contribution < 1.29 is 23.1 Å². The van der Waals surface area contributed by atoms with E-state index in [-0.39, 0.29) is 22.5 Å². The summed E-state index contributed by atoms with van der Waals surface area (Å²) in [5.74, 6) is -1.18. The van der Waals surface area contributed by atoms with Gasteiger partial charge in [-0.3, -0.25) is 0 Å². The van der Waals surface area contributed by atoms with Crippen molar-refractivity contribution in [3.63, 3.8) is 0 Å². The average molecular weight is 328 g/mol. The van der Waals surface area contributed by atoms with Crippen LogP contribution < -0.4 is 10.0 Å². The summed E-state index contributed by atoms with van der Waals surface area (Å²) in [6, 6.07) is 3.92. The molecular weight excluding hydrogens is 308 g/mol. The summed E-state index contributed by atoms with van der Waals surface area (Å²) in [5, 5.41) is 12.3. The molecule has 0 aliphatic heterocycles. The molecule has 0 aromatic heterocycles. The van der Waals surface area contributed by atoms with E-state index in [1.807, 2.05) is 6.92 Å². The van der Waals surface area contributed by atoms with Crippen LogP contribution in [-0.2, 0) is 14.8 Å². The van der Waals surface area contributed by atoms with Gasteiger partial charge in [-0.1, -0.05) is 0 Å². The summed E-state index contributed by atoms with van der Waals surface area (Å²) >= 11 is 0. The van der Waals surface area contributed by atoms with Gasteiger partial charge in [0.05, 0.1) is 17.1 Å². The number of methoxy groups -OCH3 is 1. The summed E-state index contributed by atoms with van der Waals surface area (Å²) in [6.45, 7) is 2.25. The zero-order valence-corrected chi connectivity index (χ0v) is 13.3. The molecule has 0 amide bonds. The van der Waals surface area contributed by atoms with Gasteiger partial charge in [-0.05, 0) is 38.0 Å². The van der Waals surface area contributed by atoms with Crippen LogP contribution in [0.1, 0.15) is 30.1 Å². The minimum Gasteiger partial charge on any atom is -0.478 e. The van der Waals surface area contributed by atoms with E-state index in [0.717, 1.165) is 12.8 Å². The van der Waals surface area contributed by atoms with Gasteiger partial charge in [0, 0.05) is 24.9 Å². The highest BCUT2D eigenvalue weighted by molar-refractivity contribution is 7.89. The van der Waals surface area contributed by atoms with Gasteiger partial charge in [-0.2, -0.15) is 0 Å². The molecule has 8 heteroatoms. The molecule has 0 unspecified atom stereocenters. The zero-order chi connectivity index (χ0) is 16.3. The van der Waals surface area contributed by atoms with Crippen molar-refractivity contribution in [1.82, 2.24) is 4.72 Å². The number of anilines is 1. The Morgan fingerprint density at radius 1 is 1.45 bits per heavy atom. The van der Waals surface area contributed by atoms with Crippen molar-refractivity contribution in [3.8, 4) is 0 Å². The Kier molecular flexibility index (Phi) is 5.05. The Morgan fingerprint density at radius 3 is 2.68 bits per heavy atom. The second kappa shape index (κ2) is 6.64. The lowest BCUT2D eigenvalue weighted by atomic mass is 10.1. The average Bonchev–Trinajstić information content (AvgIpc) is 3.22. The maximum Gasteiger partial charge on any atom is 0.337 e. The third-order valence-electron chi connectivity index (χ3n) is 3.25. The molecule has 0 heterocycles. The van der Waals surface area contributed by atoms with Crippen LogP contribution in [0.3, 0.4) is 0 Å². The van der Waals surface area contributed by atoms with Crippen LogP contribution in [0, 0.1) is 0 Å². The molecule has 1 aliphatic carbocycles. The first-order valence-corrected chi connectivity index (χ1v) is 8.47. The van der Waals surface area contributed by atoms with Crippen LogP contribution in [0.15, 0.2) is 23.1 Å². The normalized spacial score (nSPS) is 16.3. The van der Waals surface area contributed by atoms with Crippen molar-refractivity contribution >= 4 is 21.7 Å². The summed E-state index contributed by atoms with van der Waals surface area (Å²) in [7, 11) is -2.12. The number of sulfonamides is 1. The van der Waals surface area contributed by atoms with Gasteiger partial charge in [0.2, 0.25) is 10.0 Å². The second-order valence-electron chi connectivity index (χ2n) is 5.41. The topological polar surface area (TPSA) is 105 Å². The summed E-state index contributed by atoms with van der Waals surface area (Å²) in [5.41, 5.74) is 0.282. The van der Waals surface area contributed by atoms with E-state index in [1.54, 1.807) is 7.11 Å². The Labute approximate surface area is 129 Å². The quantitative estimate of drug-likeness (QED) is 0.664. The van der Waals surface area contributed by atoms with E-state index in [4.69, 9.17) is 4.74 Å². The van der Waals surface area contributed by atoms with E-state index in [0.29, 0.717) is 12.3 Å². The fourth-order valence-corrected chi connectivity index (χ4v) is 3.37. The lowest BCUT2D eigenvalue weighted by Gasteiger charge is -2.17. The fraction of sp³-hybridized carbons (Fsp3) is 0.500. The van der Waals surface area contributed by atoms with Crippen LogP contribution in [-0.4, -0.2) is 45.3 Å². The number of carbonyl (C=O) groups is 1. The number of carboxylic acids is 1. The van der Waals surface area contributed by atoms with Gasteiger partial charge < -0.3 is 15.2 Å². The monoisotopic (exact) mass is 328 g/mol. The minimum atomic E-state index is -3.67. The van der Waals surface area contributed by atoms with Gasteiger partial charge in [0.1, 0.15) is 0 Å². The van der Waals surface area contributed by atoms with Crippen molar-refractivity contribution in [2.24, 2.45) is 0 Å². The molecule has 22 heavy (non-hydrogen) atoms. The fourth-order valence-electron chi connectivity index (χ4n) is 2.04. The largest absolute Gasteiger partial charge is 0.478 e. The summed E-state index contributed by atoms with van der Waals surface area (Å²) < 4.78 is 31.8. The van der Waals surface area contributed by atoms with Crippen LogP contribution in [0.5, 0.6) is 0 Å². The molecule has 1 aromatic rings. The molecule has 0 spiro atoms. The first kappa shape index (κ1) is 16.7. The van der Waals surface area contributed by atoms with Gasteiger partial charge >= 0.3 is 5.97 Å². The molecular formula is C14H20N2O5S. The molecule has 1 atom stereocenters. The molecule has 1 saturated carbocycles. The van der Waals surface area contributed by atoms with Crippen molar-refractivity contribution in [2.45, 2.75) is 36.7 Å². The smallest absolute Gasteiger partial charge is 0.337 e. The lowest BCUT2D eigenvalue weighted by Crippen LogP contribution is -2.26. The Bertz CT molecular complexity index is 655. The highest BCUT2D eigenvalue weighted by Gasteiger charge is 2.28. The van der Waals surface area contributed by atoms with E-state index in [2.05, 4.69) is 10.0 Å². The number of hydrogen-bond acceptors (Lipinski definition) is 5. The van der Waals surface area contributed by atoms with Crippen LogP contribution in [0.25, 0.3) is 0 Å². The highest BCUT2D eigenvalue weighted by Crippen LogP contribution is 2.25. The predicted octanol–water partition coefficient (Wildman–Crippen LogP) is 1.27. The molecule has 1 fully saturated rings. The molecule has 122 valence electrons. The Hall–Kier alpha value is -1.64. The Balaban J connectivity index is 2.28. The minimum absolute atomic E-state index is 0.0298. The van der Waals surface area contributed by atoms with Crippen molar-refractivity contribution in [3.05, 3.63) is 23.8 Å². The molecule has 2 rings (SSSR count). The van der Waals surface area contributed by atoms with Crippen molar-refractivity contribution in [1.29, 1.82) is 0 Å². The molecule has 7 nitrogen and oxygen atoms in total. The highest BCUT2D eigenvalue weighted by atomic mass is 32.2. The van der Waals surface area contributed by atoms with E-state index in [9.17, 15) is 18.3 Å². The van der Waals surface area contributed by atoms with Crippen LogP contribution in [0.2, 0.25) is 0 Å². The Morgan fingerprint density at radius 2 is 2.14 bits per heavy atom. The first-order valence-electron chi connectivity index (χ1n) is 6.98. The molecule has 3 N–H and O–H groups in total. The number of ether oxygens (including phenoxy) is 1. The molecule has 1 aliphatic rings. The number of nitrogens with one attached hydrogen (secondary N) is 2. The lowest BCUT2D eigenvalue weighted by molar-refractivity contribution is 0.0697. The number of aromatic carboxylic acids is 1. The maximum atomic E-state index is 12.1. The summed E-state index contributed by atoms with van der Waals surface area (Å²) in [6.07, 6.45) is 1.64. The van der Waals surface area contributed by atoms with Gasteiger partial charge in [-0.25, -0.2) is 17.9 Å². The maximum absolute atomic E-state index is 12.1. The van der Waals surface area contributed by atoms with Gasteiger partial charge in [0.25, 0.3) is 0 Å². The standard InChI is InChI=1S/C14H20N2O5S/c1-9(8-21-2)15-13-6-5-11(7-12(13)14(17)18)22(19,20)16-10-3-4-10/h5-7,9-10,15-16H,3-4,8H2,1-2H3,(H,17,18)/t9-/m0/s1. The predicted molar refractivity (Wildman–Crippen MR) is 81.7 cm³/mol. The number of carboxylic acid groups (broad SMARTS) is 1. The van der Waals surface area contributed by atoms with Crippen molar-refractivity contribution in [2.75, 3.05) is 19.0 Å². The van der Waals surface area contributed by atoms with Crippen LogP contribution >= 0.6 is 0 Å².